The standard InChI is InChI=1S/C14H24N2/c1-4-6-11-16(5-2)14-9-7-13(8-10-14)12-15-3/h7-10,15H,4-6,11-12H2,1-3H3. The summed E-state index contributed by atoms with van der Waals surface area (Å²) in [6, 6.07) is 8.87. The summed E-state index contributed by atoms with van der Waals surface area (Å²) in [5.74, 6) is 0. The largest absolute Gasteiger partial charge is 0.372 e. The lowest BCUT2D eigenvalue weighted by Crippen LogP contribution is -2.23. The summed E-state index contributed by atoms with van der Waals surface area (Å²) in [7, 11) is 1.98. The maximum atomic E-state index is 3.17. The van der Waals surface area contributed by atoms with E-state index in [1.807, 2.05) is 7.05 Å². The van der Waals surface area contributed by atoms with Gasteiger partial charge in [-0.3, -0.25) is 0 Å². The van der Waals surface area contributed by atoms with Gasteiger partial charge in [0, 0.05) is 25.3 Å². The normalized spacial score (nSPS) is 10.4. The second-order valence-electron chi connectivity index (χ2n) is 4.13. The first-order valence-corrected chi connectivity index (χ1v) is 6.30. The van der Waals surface area contributed by atoms with E-state index in [0.717, 1.165) is 13.1 Å². The van der Waals surface area contributed by atoms with Crippen LogP contribution >= 0.6 is 0 Å². The molecule has 1 aromatic rings. The SMILES string of the molecule is CCCCN(CC)c1ccc(CNC)cc1. The second-order valence-corrected chi connectivity index (χ2v) is 4.13. The first-order valence-electron chi connectivity index (χ1n) is 6.30. The molecule has 0 saturated heterocycles. The highest BCUT2D eigenvalue weighted by atomic mass is 15.1. The smallest absolute Gasteiger partial charge is 0.0366 e. The van der Waals surface area contributed by atoms with Gasteiger partial charge in [-0.2, -0.15) is 0 Å². The van der Waals surface area contributed by atoms with Gasteiger partial charge in [-0.15, -0.1) is 0 Å². The van der Waals surface area contributed by atoms with Crippen LogP contribution < -0.4 is 10.2 Å². The maximum absolute atomic E-state index is 3.17. The molecule has 2 nitrogen and oxygen atoms in total. The number of benzene rings is 1. The van der Waals surface area contributed by atoms with Crippen molar-refractivity contribution in [3.8, 4) is 0 Å². The molecule has 0 saturated carbocycles. The Balaban J connectivity index is 2.62. The van der Waals surface area contributed by atoms with Crippen molar-refractivity contribution in [2.75, 3.05) is 25.0 Å². The van der Waals surface area contributed by atoms with Crippen LogP contribution in [0.5, 0.6) is 0 Å². The average Bonchev–Trinajstić information content (AvgIpc) is 2.32. The van der Waals surface area contributed by atoms with Gasteiger partial charge in [0.1, 0.15) is 0 Å². The van der Waals surface area contributed by atoms with E-state index >= 15 is 0 Å². The van der Waals surface area contributed by atoms with Crippen molar-refractivity contribution >= 4 is 5.69 Å². The molecule has 2 heteroatoms. The summed E-state index contributed by atoms with van der Waals surface area (Å²) in [5.41, 5.74) is 2.69. The monoisotopic (exact) mass is 220 g/mol. The Morgan fingerprint density at radius 2 is 1.81 bits per heavy atom. The summed E-state index contributed by atoms with van der Waals surface area (Å²) in [4.78, 5) is 2.44. The molecule has 16 heavy (non-hydrogen) atoms. The highest BCUT2D eigenvalue weighted by Gasteiger charge is 2.02. The molecule has 1 N–H and O–H groups in total. The quantitative estimate of drug-likeness (QED) is 0.760. The van der Waals surface area contributed by atoms with Crippen molar-refractivity contribution in [1.82, 2.24) is 5.32 Å². The molecule has 0 unspecified atom stereocenters. The number of rotatable bonds is 7. The number of nitrogens with one attached hydrogen (secondary N) is 1. The van der Waals surface area contributed by atoms with Gasteiger partial charge in [-0.1, -0.05) is 25.5 Å². The van der Waals surface area contributed by atoms with Crippen LogP contribution in [0.2, 0.25) is 0 Å². The Labute approximate surface area is 99.7 Å². The van der Waals surface area contributed by atoms with Crippen LogP contribution in [0.1, 0.15) is 32.3 Å². The van der Waals surface area contributed by atoms with Crippen LogP contribution in [0, 0.1) is 0 Å². The van der Waals surface area contributed by atoms with Gasteiger partial charge in [0.15, 0.2) is 0 Å². The molecule has 1 aromatic carbocycles. The third-order valence-electron chi connectivity index (χ3n) is 2.85. The van der Waals surface area contributed by atoms with E-state index in [2.05, 4.69) is 48.3 Å². The van der Waals surface area contributed by atoms with Crippen LogP contribution in [0.3, 0.4) is 0 Å². The van der Waals surface area contributed by atoms with Crippen molar-refractivity contribution in [3.63, 3.8) is 0 Å². The molecule has 0 radical (unpaired) electrons. The minimum atomic E-state index is 0.946. The predicted molar refractivity (Wildman–Crippen MR) is 72.0 cm³/mol. The van der Waals surface area contributed by atoms with E-state index in [1.54, 1.807) is 0 Å². The molecule has 0 heterocycles. The van der Waals surface area contributed by atoms with Gasteiger partial charge >= 0.3 is 0 Å². The van der Waals surface area contributed by atoms with Crippen molar-refractivity contribution in [1.29, 1.82) is 0 Å². The zero-order valence-electron chi connectivity index (χ0n) is 10.8. The van der Waals surface area contributed by atoms with E-state index in [0.29, 0.717) is 0 Å². The molecule has 1 rings (SSSR count). The Morgan fingerprint density at radius 1 is 1.12 bits per heavy atom. The third kappa shape index (κ3) is 3.86. The van der Waals surface area contributed by atoms with Crippen molar-refractivity contribution < 1.29 is 0 Å². The summed E-state index contributed by atoms with van der Waals surface area (Å²) < 4.78 is 0. The molecule has 0 aromatic heterocycles. The van der Waals surface area contributed by atoms with E-state index in [1.165, 1.54) is 30.6 Å². The molecular weight excluding hydrogens is 196 g/mol. The van der Waals surface area contributed by atoms with Crippen molar-refractivity contribution in [2.45, 2.75) is 33.2 Å². The van der Waals surface area contributed by atoms with Crippen LogP contribution in [0.15, 0.2) is 24.3 Å². The second kappa shape index (κ2) is 7.29. The Kier molecular flexibility index (Phi) is 5.94. The molecule has 90 valence electrons. The lowest BCUT2D eigenvalue weighted by Gasteiger charge is -2.23. The average molecular weight is 220 g/mol. The molecule has 0 aliphatic heterocycles. The summed E-state index contributed by atoms with van der Waals surface area (Å²) in [6.45, 7) is 7.66. The first-order chi connectivity index (χ1) is 7.81. The zero-order chi connectivity index (χ0) is 11.8. The van der Waals surface area contributed by atoms with E-state index in [9.17, 15) is 0 Å². The van der Waals surface area contributed by atoms with Gasteiger partial charge in [-0.25, -0.2) is 0 Å². The Hall–Kier alpha value is -1.02. The summed E-state index contributed by atoms with van der Waals surface area (Å²) in [6.07, 6.45) is 2.53. The fourth-order valence-corrected chi connectivity index (χ4v) is 1.85. The van der Waals surface area contributed by atoms with E-state index in [4.69, 9.17) is 0 Å². The lowest BCUT2D eigenvalue weighted by molar-refractivity contribution is 0.731. The van der Waals surface area contributed by atoms with Crippen LogP contribution in [0.25, 0.3) is 0 Å². The Bertz CT molecular complexity index is 279. The fourth-order valence-electron chi connectivity index (χ4n) is 1.85. The molecule has 0 bridgehead atoms. The Morgan fingerprint density at radius 3 is 2.31 bits per heavy atom. The molecule has 0 fully saturated rings. The number of nitrogens with zero attached hydrogens (tertiary/aromatic N) is 1. The summed E-state index contributed by atoms with van der Waals surface area (Å²) >= 11 is 0. The lowest BCUT2D eigenvalue weighted by atomic mass is 10.2. The van der Waals surface area contributed by atoms with Crippen LogP contribution in [0.4, 0.5) is 5.69 Å². The van der Waals surface area contributed by atoms with Crippen LogP contribution in [-0.4, -0.2) is 20.1 Å². The molecule has 0 atom stereocenters. The zero-order valence-corrected chi connectivity index (χ0v) is 10.8. The maximum Gasteiger partial charge on any atom is 0.0366 e. The summed E-state index contributed by atoms with van der Waals surface area (Å²) in [5, 5.41) is 3.17. The minimum absolute atomic E-state index is 0.946. The molecule has 0 spiro atoms. The van der Waals surface area contributed by atoms with Crippen LogP contribution in [-0.2, 0) is 6.54 Å². The van der Waals surface area contributed by atoms with Gasteiger partial charge in [0.25, 0.3) is 0 Å². The van der Waals surface area contributed by atoms with Crippen molar-refractivity contribution in [2.24, 2.45) is 0 Å². The van der Waals surface area contributed by atoms with Gasteiger partial charge in [0.05, 0.1) is 0 Å². The fraction of sp³-hybridized carbons (Fsp3) is 0.571. The van der Waals surface area contributed by atoms with Gasteiger partial charge < -0.3 is 10.2 Å². The number of hydrogen-bond donors (Lipinski definition) is 1. The highest BCUT2D eigenvalue weighted by molar-refractivity contribution is 5.47. The highest BCUT2D eigenvalue weighted by Crippen LogP contribution is 2.15. The number of unbranched alkanes of at least 4 members (excludes halogenated alkanes) is 1. The predicted octanol–water partition coefficient (Wildman–Crippen LogP) is 3.03. The third-order valence-corrected chi connectivity index (χ3v) is 2.85. The number of anilines is 1. The van der Waals surface area contributed by atoms with Crippen molar-refractivity contribution in [3.05, 3.63) is 29.8 Å². The minimum Gasteiger partial charge on any atom is -0.372 e. The topological polar surface area (TPSA) is 15.3 Å². The molecule has 0 aliphatic carbocycles. The molecule has 0 aliphatic rings. The van der Waals surface area contributed by atoms with E-state index < -0.39 is 0 Å². The molecular formula is C14H24N2. The van der Waals surface area contributed by atoms with E-state index in [-0.39, 0.29) is 0 Å². The first kappa shape index (κ1) is 13.0. The number of hydrogen-bond acceptors (Lipinski definition) is 2. The van der Waals surface area contributed by atoms with Gasteiger partial charge in [-0.05, 0) is 38.1 Å². The molecule has 0 amide bonds. The van der Waals surface area contributed by atoms with Gasteiger partial charge in [0.2, 0.25) is 0 Å².